The smallest absolute Gasteiger partial charge is 0.295 e. The number of pyridine rings is 1. The van der Waals surface area contributed by atoms with Crippen LogP contribution in [0, 0.1) is 6.92 Å². The third-order valence-corrected chi connectivity index (χ3v) is 6.31. The van der Waals surface area contributed by atoms with E-state index < -0.39 is 12.5 Å². The number of halogens is 2. The number of rotatable bonds is 7. The molecule has 0 saturated carbocycles. The van der Waals surface area contributed by atoms with Gasteiger partial charge in [-0.3, -0.25) is 4.40 Å². The van der Waals surface area contributed by atoms with Gasteiger partial charge < -0.3 is 20.1 Å². The molecule has 0 bridgehead atoms. The van der Waals surface area contributed by atoms with Gasteiger partial charge in [-0.1, -0.05) is 18.2 Å². The normalized spacial score (nSPS) is 17.8. The molecule has 35 heavy (non-hydrogen) atoms. The Labute approximate surface area is 200 Å². The lowest BCUT2D eigenvalue weighted by Crippen LogP contribution is -2.21. The number of aryl methyl sites for hydroxylation is 1. The molecule has 0 spiro atoms. The van der Waals surface area contributed by atoms with Crippen molar-refractivity contribution in [2.45, 2.75) is 38.3 Å². The Kier molecular flexibility index (Phi) is 5.97. The van der Waals surface area contributed by atoms with Crippen molar-refractivity contribution in [2.24, 2.45) is 0 Å². The van der Waals surface area contributed by atoms with E-state index in [0.717, 1.165) is 19.5 Å². The van der Waals surface area contributed by atoms with Crippen molar-refractivity contribution in [1.29, 1.82) is 0 Å². The maximum atomic E-state index is 14.0. The highest BCUT2D eigenvalue weighted by atomic mass is 19.3. The fourth-order valence-corrected chi connectivity index (χ4v) is 4.42. The standard InChI is InChI=1S/C24H27F2N7O2/c1-14(16-5-4-6-17(9-16)24(25,26)12-34)28-21-19-10-20(35-18-7-8-32(3)11-18)23-31-27-13-33(23)22(19)30-15(2)29-21/h4-6,9-10,13-14,18,34H,7-8,11-12H2,1-3H3,(H,28,29,30)/t14?,18-/m0/s1. The van der Waals surface area contributed by atoms with Crippen LogP contribution in [0.1, 0.15) is 36.3 Å². The average Bonchev–Trinajstić information content (AvgIpc) is 3.49. The molecule has 2 N–H and O–H groups in total. The molecule has 0 radical (unpaired) electrons. The number of nitrogens with one attached hydrogen (secondary N) is 1. The van der Waals surface area contributed by atoms with E-state index in [1.807, 2.05) is 13.0 Å². The highest BCUT2D eigenvalue weighted by Crippen LogP contribution is 2.33. The van der Waals surface area contributed by atoms with Crippen LogP contribution in [0.25, 0.3) is 16.7 Å². The molecule has 4 heterocycles. The number of nitrogens with zero attached hydrogens (tertiary/aromatic N) is 6. The Bertz CT molecular complexity index is 1380. The molecule has 0 amide bonds. The molecule has 9 nitrogen and oxygen atoms in total. The summed E-state index contributed by atoms with van der Waals surface area (Å²) >= 11 is 0. The van der Waals surface area contributed by atoms with E-state index >= 15 is 0 Å². The zero-order chi connectivity index (χ0) is 24.7. The van der Waals surface area contributed by atoms with E-state index in [2.05, 4.69) is 37.4 Å². The summed E-state index contributed by atoms with van der Waals surface area (Å²) in [6, 6.07) is 7.53. The van der Waals surface area contributed by atoms with E-state index in [4.69, 9.17) is 9.84 Å². The van der Waals surface area contributed by atoms with Crippen molar-refractivity contribution >= 4 is 22.5 Å². The van der Waals surface area contributed by atoms with Crippen LogP contribution >= 0.6 is 0 Å². The molecule has 1 saturated heterocycles. The second kappa shape index (κ2) is 8.97. The van der Waals surface area contributed by atoms with Crippen molar-refractivity contribution in [2.75, 3.05) is 32.1 Å². The minimum atomic E-state index is -3.31. The zero-order valence-corrected chi connectivity index (χ0v) is 19.7. The van der Waals surface area contributed by atoms with Crippen molar-refractivity contribution in [1.82, 2.24) is 29.5 Å². The number of benzene rings is 1. The topological polar surface area (TPSA) is 101 Å². The monoisotopic (exact) mass is 483 g/mol. The summed E-state index contributed by atoms with van der Waals surface area (Å²) in [5.74, 6) is -1.64. The minimum absolute atomic E-state index is 0.0376. The first-order chi connectivity index (χ1) is 16.7. The molecule has 184 valence electrons. The van der Waals surface area contributed by atoms with Crippen LogP contribution in [0.2, 0.25) is 0 Å². The molecular formula is C24H27F2N7O2. The second-order valence-corrected chi connectivity index (χ2v) is 9.03. The van der Waals surface area contributed by atoms with Gasteiger partial charge in [0.1, 0.15) is 30.7 Å². The van der Waals surface area contributed by atoms with E-state index in [9.17, 15) is 8.78 Å². The first kappa shape index (κ1) is 23.3. The predicted molar refractivity (Wildman–Crippen MR) is 127 cm³/mol. The molecule has 11 heteroatoms. The lowest BCUT2D eigenvalue weighted by Gasteiger charge is -2.20. The van der Waals surface area contributed by atoms with E-state index in [0.29, 0.717) is 39.6 Å². The Balaban J connectivity index is 1.54. The molecule has 3 aromatic heterocycles. The molecule has 1 aliphatic heterocycles. The van der Waals surface area contributed by atoms with Gasteiger partial charge in [0.2, 0.25) is 5.65 Å². The number of hydrogen-bond acceptors (Lipinski definition) is 8. The Hall–Kier alpha value is -3.44. The van der Waals surface area contributed by atoms with Crippen molar-refractivity contribution in [3.8, 4) is 5.75 Å². The zero-order valence-electron chi connectivity index (χ0n) is 19.7. The van der Waals surface area contributed by atoms with E-state index in [1.165, 1.54) is 12.1 Å². The maximum Gasteiger partial charge on any atom is 0.295 e. The fraction of sp³-hybridized carbons (Fsp3) is 0.417. The second-order valence-electron chi connectivity index (χ2n) is 9.03. The molecule has 1 aromatic carbocycles. The number of anilines is 1. The van der Waals surface area contributed by atoms with Gasteiger partial charge >= 0.3 is 0 Å². The Morgan fingerprint density at radius 3 is 2.83 bits per heavy atom. The summed E-state index contributed by atoms with van der Waals surface area (Å²) in [6.07, 6.45) is 2.54. The summed E-state index contributed by atoms with van der Waals surface area (Å²) in [6.45, 7) is 4.18. The summed E-state index contributed by atoms with van der Waals surface area (Å²) in [4.78, 5) is 11.4. The molecule has 2 atom stereocenters. The van der Waals surface area contributed by atoms with Crippen LogP contribution in [0.3, 0.4) is 0 Å². The van der Waals surface area contributed by atoms with Crippen molar-refractivity contribution < 1.29 is 18.6 Å². The number of likely N-dealkylation sites (tertiary alicyclic amines) is 1. The van der Waals surface area contributed by atoms with Gasteiger partial charge in [0.25, 0.3) is 5.92 Å². The van der Waals surface area contributed by atoms with Gasteiger partial charge in [0.05, 0.1) is 5.39 Å². The number of aromatic nitrogens is 5. The summed E-state index contributed by atoms with van der Waals surface area (Å²) in [7, 11) is 2.06. The molecular weight excluding hydrogens is 456 g/mol. The molecule has 0 aliphatic carbocycles. The van der Waals surface area contributed by atoms with E-state index in [-0.39, 0.29) is 17.7 Å². The largest absolute Gasteiger partial charge is 0.485 e. The van der Waals surface area contributed by atoms with Crippen LogP contribution in [-0.4, -0.2) is 67.4 Å². The predicted octanol–water partition coefficient (Wildman–Crippen LogP) is 3.32. The SMILES string of the molecule is Cc1nc(NC(C)c2cccc(C(F)(F)CO)c2)c2cc(O[C@H]3CCN(C)C3)c3nncn3c2n1. The Morgan fingerprint density at radius 2 is 2.09 bits per heavy atom. The molecule has 4 aromatic rings. The van der Waals surface area contributed by atoms with Crippen LogP contribution in [0.15, 0.2) is 36.7 Å². The number of hydrogen-bond donors (Lipinski definition) is 2. The van der Waals surface area contributed by atoms with Crippen LogP contribution in [0.4, 0.5) is 14.6 Å². The lowest BCUT2D eigenvalue weighted by molar-refractivity contribution is -0.0556. The third kappa shape index (κ3) is 4.48. The summed E-state index contributed by atoms with van der Waals surface area (Å²) < 4.78 is 36.2. The van der Waals surface area contributed by atoms with Gasteiger partial charge in [0.15, 0.2) is 11.4 Å². The highest BCUT2D eigenvalue weighted by molar-refractivity contribution is 5.91. The van der Waals surface area contributed by atoms with Gasteiger partial charge in [-0.25, -0.2) is 9.97 Å². The number of ether oxygens (including phenoxy) is 1. The molecule has 1 aliphatic rings. The fourth-order valence-electron chi connectivity index (χ4n) is 4.42. The van der Waals surface area contributed by atoms with Gasteiger partial charge in [-0.2, -0.15) is 8.78 Å². The van der Waals surface area contributed by atoms with Crippen LogP contribution < -0.4 is 10.1 Å². The quantitative estimate of drug-likeness (QED) is 0.413. The average molecular weight is 484 g/mol. The van der Waals surface area contributed by atoms with Crippen LogP contribution in [0.5, 0.6) is 5.75 Å². The maximum absolute atomic E-state index is 14.0. The number of likely N-dealkylation sites (N-methyl/N-ethyl adjacent to an activating group) is 1. The van der Waals surface area contributed by atoms with Crippen LogP contribution in [-0.2, 0) is 5.92 Å². The summed E-state index contributed by atoms with van der Waals surface area (Å²) in [5.41, 5.74) is 1.58. The Morgan fingerprint density at radius 1 is 1.26 bits per heavy atom. The molecule has 5 rings (SSSR count). The first-order valence-electron chi connectivity index (χ1n) is 11.5. The first-order valence-corrected chi connectivity index (χ1v) is 11.5. The molecule has 1 unspecified atom stereocenters. The van der Waals surface area contributed by atoms with Gasteiger partial charge in [-0.15, -0.1) is 10.2 Å². The number of alkyl halides is 2. The number of fused-ring (bicyclic) bond motifs is 3. The van der Waals surface area contributed by atoms with Gasteiger partial charge in [0, 0.05) is 24.7 Å². The van der Waals surface area contributed by atoms with Crippen molar-refractivity contribution in [3.63, 3.8) is 0 Å². The number of aliphatic hydroxyl groups excluding tert-OH is 1. The highest BCUT2D eigenvalue weighted by Gasteiger charge is 2.31. The van der Waals surface area contributed by atoms with Gasteiger partial charge in [-0.05, 0) is 45.0 Å². The minimum Gasteiger partial charge on any atom is -0.485 e. The van der Waals surface area contributed by atoms with E-state index in [1.54, 1.807) is 29.8 Å². The third-order valence-electron chi connectivity index (χ3n) is 6.31. The van der Waals surface area contributed by atoms with Crippen molar-refractivity contribution in [3.05, 3.63) is 53.6 Å². The summed E-state index contributed by atoms with van der Waals surface area (Å²) in [5, 5.41) is 21.4. The lowest BCUT2D eigenvalue weighted by atomic mass is 10.0. The molecule has 1 fully saturated rings. The number of aliphatic hydroxyl groups is 1.